The molecule has 0 N–H and O–H groups in total. The van der Waals surface area contributed by atoms with Crippen molar-refractivity contribution >= 4 is 17.9 Å². The molecule has 6 heteroatoms. The van der Waals surface area contributed by atoms with Gasteiger partial charge >= 0.3 is 17.9 Å². The van der Waals surface area contributed by atoms with E-state index in [0.717, 1.165) is 103 Å². The number of esters is 3. The van der Waals surface area contributed by atoms with Crippen LogP contribution in [0.4, 0.5) is 0 Å². The molecule has 0 fully saturated rings. The quantitative estimate of drug-likeness (QED) is 0.0261. The van der Waals surface area contributed by atoms with Crippen LogP contribution in [0.5, 0.6) is 0 Å². The maximum Gasteiger partial charge on any atom is 0.306 e. The average molecular weight is 1150 g/mol. The molecule has 0 aromatic rings. The number of allylic oxidation sites excluding steroid dienone is 10. The maximum absolute atomic E-state index is 12.9. The van der Waals surface area contributed by atoms with Crippen LogP contribution in [0.15, 0.2) is 60.8 Å². The molecule has 6 nitrogen and oxygen atoms in total. The number of hydrogen-bond acceptors (Lipinski definition) is 6. The van der Waals surface area contributed by atoms with Gasteiger partial charge in [0.25, 0.3) is 0 Å². The van der Waals surface area contributed by atoms with Crippen molar-refractivity contribution in [3.63, 3.8) is 0 Å². The van der Waals surface area contributed by atoms with Crippen molar-refractivity contribution in [3.05, 3.63) is 60.8 Å². The number of rotatable bonds is 67. The van der Waals surface area contributed by atoms with Crippen LogP contribution < -0.4 is 0 Å². The Labute approximate surface area is 510 Å². The zero-order chi connectivity index (χ0) is 59.2. The van der Waals surface area contributed by atoms with Crippen molar-refractivity contribution in [2.24, 2.45) is 0 Å². The molecule has 0 aliphatic rings. The van der Waals surface area contributed by atoms with Gasteiger partial charge in [-0.15, -0.1) is 0 Å². The predicted octanol–water partition coefficient (Wildman–Crippen LogP) is 25.1. The summed E-state index contributed by atoms with van der Waals surface area (Å²) in [6.45, 7) is 6.56. The van der Waals surface area contributed by atoms with Gasteiger partial charge in [-0.3, -0.25) is 14.4 Å². The highest BCUT2D eigenvalue weighted by molar-refractivity contribution is 5.71. The van der Waals surface area contributed by atoms with Crippen molar-refractivity contribution in [1.29, 1.82) is 0 Å². The van der Waals surface area contributed by atoms with Gasteiger partial charge in [-0.2, -0.15) is 0 Å². The van der Waals surface area contributed by atoms with Crippen LogP contribution in [0.3, 0.4) is 0 Å². The van der Waals surface area contributed by atoms with Crippen LogP contribution in [0.1, 0.15) is 387 Å². The standard InChI is InChI=1S/C76H138O6/c1-4-7-10-13-16-19-22-25-28-31-32-33-34-35-36-37-38-39-40-41-42-43-44-46-48-51-54-57-60-63-66-69-75(78)81-72-73(71-80-74(77)68-65-62-59-56-53-50-47-30-27-24-21-18-15-12-9-6-3)82-76(79)70-67-64-61-58-55-52-49-45-29-26-23-20-17-14-11-8-5-2/h8,11,17,20-21,24,26,29-30,47,73H,4-7,9-10,12-16,18-19,22-23,25,27-28,31-46,48-72H2,1-3H3/b11-8-,20-17-,24-21-,29-26-,47-30-. The molecule has 478 valence electrons. The van der Waals surface area contributed by atoms with Crippen LogP contribution in [0.25, 0.3) is 0 Å². The Kier molecular flexibility index (Phi) is 68.1. The summed E-state index contributed by atoms with van der Waals surface area (Å²) in [5, 5.41) is 0. The number of hydrogen-bond donors (Lipinski definition) is 0. The van der Waals surface area contributed by atoms with E-state index in [9.17, 15) is 14.4 Å². The highest BCUT2D eigenvalue weighted by Gasteiger charge is 2.19. The second kappa shape index (κ2) is 70.6. The van der Waals surface area contributed by atoms with Gasteiger partial charge < -0.3 is 14.2 Å². The zero-order valence-corrected chi connectivity index (χ0v) is 55.0. The lowest BCUT2D eigenvalue weighted by Crippen LogP contribution is -2.30. The van der Waals surface area contributed by atoms with Crippen LogP contribution in [-0.4, -0.2) is 37.2 Å². The van der Waals surface area contributed by atoms with E-state index in [-0.39, 0.29) is 31.1 Å². The van der Waals surface area contributed by atoms with Gasteiger partial charge in [0.15, 0.2) is 6.10 Å². The first-order valence-corrected chi connectivity index (χ1v) is 36.3. The topological polar surface area (TPSA) is 78.9 Å². The maximum atomic E-state index is 12.9. The lowest BCUT2D eigenvalue weighted by Gasteiger charge is -2.18. The van der Waals surface area contributed by atoms with E-state index in [1.165, 1.54) is 244 Å². The molecule has 0 heterocycles. The van der Waals surface area contributed by atoms with Crippen molar-refractivity contribution in [2.75, 3.05) is 13.2 Å². The summed E-state index contributed by atoms with van der Waals surface area (Å²) in [6, 6.07) is 0. The van der Waals surface area contributed by atoms with Crippen LogP contribution in [0, 0.1) is 0 Å². The summed E-state index contributed by atoms with van der Waals surface area (Å²) in [6.07, 6.45) is 91.3. The summed E-state index contributed by atoms with van der Waals surface area (Å²) in [7, 11) is 0. The third-order valence-corrected chi connectivity index (χ3v) is 16.3. The minimum atomic E-state index is -0.786. The van der Waals surface area contributed by atoms with E-state index in [0.29, 0.717) is 19.3 Å². The van der Waals surface area contributed by atoms with E-state index in [1.54, 1.807) is 0 Å². The van der Waals surface area contributed by atoms with Gasteiger partial charge in [-0.1, -0.05) is 345 Å². The molecule has 0 saturated heterocycles. The molecule has 0 radical (unpaired) electrons. The SMILES string of the molecule is CC/C=C\C/C=C\C/C=C\CCCCCCCCCC(=O)OC(COC(=O)CCCCCCC/C=C\C/C=C\CCCCCC)COC(=O)CCCCCCCCCCCCCCCCCCCCCCCCCCCCCCCCC. The fraction of sp³-hybridized carbons (Fsp3) is 0.829. The van der Waals surface area contributed by atoms with Crippen LogP contribution >= 0.6 is 0 Å². The highest BCUT2D eigenvalue weighted by atomic mass is 16.6. The van der Waals surface area contributed by atoms with Gasteiger partial charge in [0.2, 0.25) is 0 Å². The normalized spacial score (nSPS) is 12.4. The van der Waals surface area contributed by atoms with Crippen molar-refractivity contribution in [2.45, 2.75) is 393 Å². The molecule has 0 amide bonds. The third kappa shape index (κ3) is 67.9. The van der Waals surface area contributed by atoms with Gasteiger partial charge in [0.05, 0.1) is 0 Å². The Morgan fingerprint density at radius 3 is 0.756 bits per heavy atom. The molecular formula is C76H138O6. The lowest BCUT2D eigenvalue weighted by atomic mass is 10.0. The second-order valence-electron chi connectivity index (χ2n) is 24.5. The monoisotopic (exact) mass is 1150 g/mol. The van der Waals surface area contributed by atoms with Crippen molar-refractivity contribution < 1.29 is 28.6 Å². The number of carbonyl (C=O) groups excluding carboxylic acids is 3. The zero-order valence-electron chi connectivity index (χ0n) is 55.0. The third-order valence-electron chi connectivity index (χ3n) is 16.3. The first-order valence-electron chi connectivity index (χ1n) is 36.3. The van der Waals surface area contributed by atoms with Crippen LogP contribution in [-0.2, 0) is 28.6 Å². The molecule has 0 aromatic heterocycles. The van der Waals surface area contributed by atoms with E-state index >= 15 is 0 Å². The summed E-state index contributed by atoms with van der Waals surface area (Å²) in [4.78, 5) is 38.4. The molecule has 0 saturated carbocycles. The Balaban J connectivity index is 4.19. The van der Waals surface area contributed by atoms with Gasteiger partial charge in [0.1, 0.15) is 13.2 Å². The molecule has 0 aliphatic carbocycles. The predicted molar refractivity (Wildman–Crippen MR) is 358 cm³/mol. The minimum Gasteiger partial charge on any atom is -0.462 e. The Bertz CT molecular complexity index is 1460. The smallest absolute Gasteiger partial charge is 0.306 e. The number of carbonyl (C=O) groups is 3. The summed E-state index contributed by atoms with van der Waals surface area (Å²) in [5.74, 6) is -0.881. The fourth-order valence-corrected chi connectivity index (χ4v) is 10.8. The summed E-state index contributed by atoms with van der Waals surface area (Å²) in [5.41, 5.74) is 0. The molecule has 0 aromatic carbocycles. The van der Waals surface area contributed by atoms with Gasteiger partial charge in [0, 0.05) is 19.3 Å². The summed E-state index contributed by atoms with van der Waals surface area (Å²) >= 11 is 0. The largest absolute Gasteiger partial charge is 0.462 e. The first-order chi connectivity index (χ1) is 40.5. The molecule has 82 heavy (non-hydrogen) atoms. The fourth-order valence-electron chi connectivity index (χ4n) is 10.8. The first kappa shape index (κ1) is 79.1. The Morgan fingerprint density at radius 2 is 0.476 bits per heavy atom. The molecule has 0 aliphatic heterocycles. The summed E-state index contributed by atoms with van der Waals surface area (Å²) < 4.78 is 17.0. The highest BCUT2D eigenvalue weighted by Crippen LogP contribution is 2.19. The van der Waals surface area contributed by atoms with E-state index in [4.69, 9.17) is 14.2 Å². The molecular weight excluding hydrogens is 1010 g/mol. The van der Waals surface area contributed by atoms with E-state index < -0.39 is 6.10 Å². The molecule has 0 bridgehead atoms. The number of ether oxygens (including phenoxy) is 3. The van der Waals surface area contributed by atoms with Gasteiger partial charge in [-0.25, -0.2) is 0 Å². The molecule has 0 rings (SSSR count). The van der Waals surface area contributed by atoms with E-state index in [1.807, 2.05) is 0 Å². The van der Waals surface area contributed by atoms with Crippen LogP contribution in [0.2, 0.25) is 0 Å². The average Bonchev–Trinajstić information content (AvgIpc) is 3.47. The minimum absolute atomic E-state index is 0.0796. The molecule has 1 unspecified atom stereocenters. The van der Waals surface area contributed by atoms with E-state index in [2.05, 4.69) is 81.5 Å². The Morgan fingerprint density at radius 1 is 0.256 bits per heavy atom. The lowest BCUT2D eigenvalue weighted by molar-refractivity contribution is -0.167. The Hall–Kier alpha value is -2.89. The molecule has 1 atom stereocenters. The second-order valence-corrected chi connectivity index (χ2v) is 24.5. The number of unbranched alkanes of at least 4 members (excludes halogenated alkanes) is 46. The molecule has 0 spiro atoms. The van der Waals surface area contributed by atoms with Crippen molar-refractivity contribution in [1.82, 2.24) is 0 Å². The van der Waals surface area contributed by atoms with Crippen molar-refractivity contribution in [3.8, 4) is 0 Å². The van der Waals surface area contributed by atoms with Gasteiger partial charge in [-0.05, 0) is 83.5 Å².